The molecule has 0 aliphatic heterocycles. The summed E-state index contributed by atoms with van der Waals surface area (Å²) in [4.78, 5) is 11.0. The molecule has 11 heavy (non-hydrogen) atoms. The highest BCUT2D eigenvalue weighted by Crippen LogP contribution is 2.25. The van der Waals surface area contributed by atoms with Gasteiger partial charge in [-0.05, 0) is 18.2 Å². The van der Waals surface area contributed by atoms with Crippen molar-refractivity contribution < 1.29 is 9.18 Å². The van der Waals surface area contributed by atoms with Gasteiger partial charge in [0.2, 0.25) is 0 Å². The van der Waals surface area contributed by atoms with Gasteiger partial charge in [0, 0.05) is 26.1 Å². The minimum Gasteiger partial charge on any atom is -0.298 e. The Hall–Kier alpha value is -0.100. The number of hydrogen-bond donors (Lipinski definition) is 0. The third kappa shape index (κ3) is 2.16. The van der Waals surface area contributed by atoms with Crippen molar-refractivity contribution in [2.45, 2.75) is 4.90 Å². The molecule has 0 atom stereocenters. The molecule has 0 N–H and O–H groups in total. The fraction of sp³-hybridized carbons (Fsp3) is 0. The van der Waals surface area contributed by atoms with Crippen LogP contribution in [0.25, 0.3) is 0 Å². The normalized spacial score (nSPS) is 9.64. The van der Waals surface area contributed by atoms with E-state index in [0.29, 0.717) is 6.29 Å². The summed E-state index contributed by atoms with van der Waals surface area (Å²) in [7, 11) is 1.42. The molecule has 1 aromatic carbocycles. The van der Waals surface area contributed by atoms with Gasteiger partial charge in [-0.15, -0.1) is 0 Å². The van der Waals surface area contributed by atoms with E-state index < -0.39 is 5.82 Å². The maximum atomic E-state index is 12.8. The lowest BCUT2D eigenvalue weighted by Crippen LogP contribution is -1.85. The summed E-state index contributed by atoms with van der Waals surface area (Å²) < 4.78 is 12.8. The molecule has 0 aromatic heterocycles. The van der Waals surface area contributed by atoms with Crippen molar-refractivity contribution in [1.29, 1.82) is 0 Å². The van der Waals surface area contributed by atoms with Crippen LogP contribution in [0.5, 0.6) is 0 Å². The molecular weight excluding hydrogens is 278 g/mol. The van der Waals surface area contributed by atoms with Crippen LogP contribution < -0.4 is 0 Å². The molecule has 1 rings (SSSR count). The monoisotopic (exact) mass is 282 g/mol. The Morgan fingerprint density at radius 1 is 1.55 bits per heavy atom. The maximum absolute atomic E-state index is 12.8. The summed E-state index contributed by atoms with van der Waals surface area (Å²) in [5.41, 5.74) is 0.110. The Labute approximate surface area is 80.0 Å². The lowest BCUT2D eigenvalue weighted by Gasteiger charge is -1.95. The van der Waals surface area contributed by atoms with Gasteiger partial charge in [0.15, 0.2) is 6.29 Å². The van der Waals surface area contributed by atoms with Crippen molar-refractivity contribution >= 4 is 36.4 Å². The van der Waals surface area contributed by atoms with E-state index >= 15 is 0 Å². The molecule has 0 spiro atoms. The Balaban J connectivity index is 3.09. The molecule has 0 saturated carbocycles. The second-order valence-corrected chi connectivity index (χ2v) is 3.83. The van der Waals surface area contributed by atoms with E-state index in [1.807, 2.05) is 0 Å². The summed E-state index contributed by atoms with van der Waals surface area (Å²) in [6, 6.07) is 4.54. The first-order valence-electron chi connectivity index (χ1n) is 2.81. The Bertz CT molecular complexity index is 277. The van der Waals surface area contributed by atoms with Gasteiger partial charge in [-0.1, -0.05) is 8.93 Å². The zero-order valence-corrected chi connectivity index (χ0v) is 8.36. The van der Waals surface area contributed by atoms with E-state index in [2.05, 4.69) is 21.2 Å². The van der Waals surface area contributed by atoms with Gasteiger partial charge in [-0.2, -0.15) is 0 Å². The fourth-order valence-electron chi connectivity index (χ4n) is 0.651. The van der Waals surface area contributed by atoms with Crippen LogP contribution in [0.1, 0.15) is 10.4 Å². The molecule has 0 aliphatic rings. The smallest absolute Gasteiger partial charge is 0.152 e. The van der Waals surface area contributed by atoms with Gasteiger partial charge in [0.25, 0.3) is 0 Å². The van der Waals surface area contributed by atoms with E-state index in [1.54, 1.807) is 6.07 Å². The fourth-order valence-corrected chi connectivity index (χ4v) is 1.74. The van der Waals surface area contributed by atoms with Crippen molar-refractivity contribution in [1.82, 2.24) is 0 Å². The largest absolute Gasteiger partial charge is 0.298 e. The molecular formula is C7H4FIOS. The second kappa shape index (κ2) is 4.06. The minimum absolute atomic E-state index is 0.110. The van der Waals surface area contributed by atoms with Crippen LogP contribution in [-0.4, -0.2) is 6.29 Å². The Morgan fingerprint density at radius 2 is 2.27 bits per heavy atom. The number of aldehydes is 1. The summed E-state index contributed by atoms with van der Waals surface area (Å²) in [5.74, 6) is -0.457. The van der Waals surface area contributed by atoms with Gasteiger partial charge >= 0.3 is 0 Å². The van der Waals surface area contributed by atoms with Gasteiger partial charge in [-0.3, -0.25) is 4.79 Å². The van der Waals surface area contributed by atoms with Crippen molar-refractivity contribution in [3.05, 3.63) is 29.6 Å². The summed E-state index contributed by atoms with van der Waals surface area (Å²) >= 11 is 2.06. The molecule has 0 amide bonds. The number of hydrogen-bond acceptors (Lipinski definition) is 2. The van der Waals surface area contributed by atoms with Crippen LogP contribution in [0.15, 0.2) is 23.1 Å². The van der Waals surface area contributed by atoms with E-state index in [-0.39, 0.29) is 5.56 Å². The molecule has 0 bridgehead atoms. The third-order valence-electron chi connectivity index (χ3n) is 1.19. The molecule has 0 fully saturated rings. The highest BCUT2D eigenvalue weighted by Gasteiger charge is 2.00. The van der Waals surface area contributed by atoms with Gasteiger partial charge in [-0.25, -0.2) is 4.39 Å². The first-order valence-corrected chi connectivity index (χ1v) is 6.17. The number of carbonyl (C=O) groups is 1. The molecule has 58 valence electrons. The summed E-state index contributed by atoms with van der Waals surface area (Å²) in [5, 5.41) is 0. The third-order valence-corrected chi connectivity index (χ3v) is 3.15. The van der Waals surface area contributed by atoms with E-state index in [4.69, 9.17) is 0 Å². The first-order chi connectivity index (χ1) is 5.27. The maximum Gasteiger partial charge on any atom is 0.152 e. The molecule has 4 heteroatoms. The van der Waals surface area contributed by atoms with Crippen LogP contribution >= 0.6 is 30.1 Å². The van der Waals surface area contributed by atoms with Crippen molar-refractivity contribution in [2.24, 2.45) is 0 Å². The van der Waals surface area contributed by atoms with E-state index in [9.17, 15) is 9.18 Å². The molecule has 0 radical (unpaired) electrons. The molecule has 1 aromatic rings. The van der Waals surface area contributed by atoms with Crippen LogP contribution in [-0.2, 0) is 0 Å². The lowest BCUT2D eigenvalue weighted by atomic mass is 10.2. The molecule has 0 heterocycles. The molecule has 0 saturated heterocycles. The quantitative estimate of drug-likeness (QED) is 0.612. The highest BCUT2D eigenvalue weighted by atomic mass is 127. The predicted molar refractivity (Wildman–Crippen MR) is 51.7 cm³/mol. The average molecular weight is 282 g/mol. The average Bonchev–Trinajstić information content (AvgIpc) is 2.04. The summed E-state index contributed by atoms with van der Waals surface area (Å²) in [6.45, 7) is 0. The number of rotatable bonds is 2. The first kappa shape index (κ1) is 8.99. The zero-order valence-electron chi connectivity index (χ0n) is 5.38. The van der Waals surface area contributed by atoms with Crippen LogP contribution in [0.2, 0.25) is 0 Å². The van der Waals surface area contributed by atoms with Crippen LogP contribution in [0.4, 0.5) is 4.39 Å². The van der Waals surface area contributed by atoms with Gasteiger partial charge < -0.3 is 0 Å². The highest BCUT2D eigenvalue weighted by molar-refractivity contribution is 14.2. The molecule has 1 nitrogen and oxygen atoms in total. The number of carbonyl (C=O) groups excluding carboxylic acids is 1. The van der Waals surface area contributed by atoms with Crippen molar-refractivity contribution in [2.75, 3.05) is 0 Å². The van der Waals surface area contributed by atoms with Gasteiger partial charge in [0.1, 0.15) is 5.82 Å². The Kier molecular flexibility index (Phi) is 3.32. The lowest BCUT2D eigenvalue weighted by molar-refractivity contribution is 0.111. The standard InChI is InChI=1S/C7H4FIOS/c8-7-3-6(11-9)2-1-5(7)4-10/h1-4H. The zero-order chi connectivity index (χ0) is 8.27. The van der Waals surface area contributed by atoms with E-state index in [1.165, 1.54) is 21.1 Å². The van der Waals surface area contributed by atoms with Crippen LogP contribution in [0, 0.1) is 5.82 Å². The van der Waals surface area contributed by atoms with Gasteiger partial charge in [0.05, 0.1) is 5.56 Å². The second-order valence-electron chi connectivity index (χ2n) is 1.88. The molecule has 0 unspecified atom stereocenters. The topological polar surface area (TPSA) is 17.1 Å². The number of benzene rings is 1. The number of halogens is 2. The minimum atomic E-state index is -0.457. The molecule has 0 aliphatic carbocycles. The van der Waals surface area contributed by atoms with E-state index in [0.717, 1.165) is 4.90 Å². The Morgan fingerprint density at radius 3 is 2.73 bits per heavy atom. The summed E-state index contributed by atoms with van der Waals surface area (Å²) in [6.07, 6.45) is 0.511. The van der Waals surface area contributed by atoms with Crippen molar-refractivity contribution in [3.8, 4) is 0 Å². The van der Waals surface area contributed by atoms with Crippen LogP contribution in [0.3, 0.4) is 0 Å². The van der Waals surface area contributed by atoms with Crippen molar-refractivity contribution in [3.63, 3.8) is 0 Å². The predicted octanol–water partition coefficient (Wildman–Crippen LogP) is 3.08. The SMILES string of the molecule is O=Cc1ccc(SI)cc1F.